The van der Waals surface area contributed by atoms with E-state index in [0.29, 0.717) is 27.5 Å². The number of aryl methyl sites for hydroxylation is 1. The molecule has 0 aliphatic carbocycles. The van der Waals surface area contributed by atoms with Crippen LogP contribution in [-0.2, 0) is 16.1 Å². The molecular weight excluding hydrogens is 557 g/mol. The average Bonchev–Trinajstić information content (AvgIpc) is 2.94. The minimum Gasteiger partial charge on any atom is -0.487 e. The average molecular weight is 582 g/mol. The van der Waals surface area contributed by atoms with E-state index in [9.17, 15) is 14.4 Å². The maximum atomic E-state index is 13.6. The van der Waals surface area contributed by atoms with E-state index in [-0.39, 0.29) is 23.0 Å². The number of nitrogens with one attached hydrogen (secondary N) is 1. The molecule has 0 saturated heterocycles. The van der Waals surface area contributed by atoms with Crippen LogP contribution in [-0.4, -0.2) is 42.0 Å². The number of carbonyl (C=O) groups excluding carboxylic acids is 3. The van der Waals surface area contributed by atoms with Crippen LogP contribution in [0.25, 0.3) is 10.9 Å². The number of halogens is 2. The molecule has 40 heavy (non-hydrogen) atoms. The molecule has 206 valence electrons. The predicted octanol–water partition coefficient (Wildman–Crippen LogP) is 4.98. The first-order valence-electron chi connectivity index (χ1n) is 12.0. The van der Waals surface area contributed by atoms with Crippen molar-refractivity contribution in [3.8, 4) is 5.75 Å². The van der Waals surface area contributed by atoms with E-state index in [2.05, 4.69) is 15.3 Å². The number of para-hydroxylation sites is 1. The highest BCUT2D eigenvalue weighted by Gasteiger charge is 2.29. The number of nitrogens with two attached hydrogens (primary N) is 1. The molecule has 2 aromatic heterocycles. The highest BCUT2D eigenvalue weighted by molar-refractivity contribution is 6.38. The number of anilines is 1. The number of primary amides is 1. The van der Waals surface area contributed by atoms with Crippen molar-refractivity contribution in [2.45, 2.75) is 19.6 Å². The Morgan fingerprint density at radius 3 is 2.50 bits per heavy atom. The summed E-state index contributed by atoms with van der Waals surface area (Å²) in [5, 5.41) is 3.79. The van der Waals surface area contributed by atoms with E-state index in [1.165, 1.54) is 37.3 Å². The summed E-state index contributed by atoms with van der Waals surface area (Å²) in [6.45, 7) is 1.88. The van der Waals surface area contributed by atoms with E-state index >= 15 is 0 Å². The molecule has 1 unspecified atom stereocenters. The number of fused-ring (bicyclic) bond motifs is 1. The molecule has 0 saturated carbocycles. The molecule has 4 rings (SSSR count). The van der Waals surface area contributed by atoms with Crippen molar-refractivity contribution in [1.82, 2.24) is 15.3 Å². The number of hydrogen-bond acceptors (Lipinski definition) is 7. The molecule has 10 nitrogen and oxygen atoms in total. The molecule has 0 bridgehead atoms. The Kier molecular flexibility index (Phi) is 8.71. The van der Waals surface area contributed by atoms with Crippen LogP contribution in [0.1, 0.15) is 33.5 Å². The van der Waals surface area contributed by atoms with Crippen LogP contribution in [0.2, 0.25) is 10.0 Å². The van der Waals surface area contributed by atoms with Crippen LogP contribution in [0.4, 0.5) is 10.5 Å². The van der Waals surface area contributed by atoms with Crippen molar-refractivity contribution < 1.29 is 23.9 Å². The summed E-state index contributed by atoms with van der Waals surface area (Å²) in [5.41, 5.74) is 7.64. The molecule has 1 atom stereocenters. The maximum Gasteiger partial charge on any atom is 0.356 e. The standard InChI is InChI=1S/C28H25Cl2N5O5/c1-15-10-11-16-6-4-9-22(24(16)32-15)40-14-17-18(29)12-13-21(23(17)30)35(2)26(36)25(34-28(31)38)19-7-5-8-20(33-19)27(37)39-3/h4-13,25H,14H2,1-3H3,(H3,31,34,38). The molecule has 2 aromatic carbocycles. The molecule has 3 amide bonds. The lowest BCUT2D eigenvalue weighted by Gasteiger charge is -2.26. The highest BCUT2D eigenvalue weighted by Crippen LogP contribution is 2.36. The zero-order valence-electron chi connectivity index (χ0n) is 21.8. The van der Waals surface area contributed by atoms with Gasteiger partial charge in [0.15, 0.2) is 6.04 Å². The fraction of sp³-hybridized carbons (Fsp3) is 0.179. The summed E-state index contributed by atoms with van der Waals surface area (Å²) in [6.07, 6.45) is 0. The van der Waals surface area contributed by atoms with Crippen LogP contribution in [0.3, 0.4) is 0 Å². The molecule has 0 fully saturated rings. The number of urea groups is 1. The van der Waals surface area contributed by atoms with Crippen molar-refractivity contribution in [1.29, 1.82) is 0 Å². The van der Waals surface area contributed by atoms with Crippen LogP contribution in [0.5, 0.6) is 5.75 Å². The van der Waals surface area contributed by atoms with Gasteiger partial charge in [-0.15, -0.1) is 0 Å². The minimum absolute atomic E-state index is 0.00599. The van der Waals surface area contributed by atoms with Crippen molar-refractivity contribution >= 4 is 57.7 Å². The Hall–Kier alpha value is -4.41. The topological polar surface area (TPSA) is 137 Å². The predicted molar refractivity (Wildman–Crippen MR) is 152 cm³/mol. The van der Waals surface area contributed by atoms with Crippen LogP contribution >= 0.6 is 23.2 Å². The first kappa shape index (κ1) is 28.6. The molecule has 0 aliphatic rings. The molecule has 2 heterocycles. The van der Waals surface area contributed by atoms with Gasteiger partial charge in [-0.25, -0.2) is 19.6 Å². The summed E-state index contributed by atoms with van der Waals surface area (Å²) in [5.74, 6) is -0.786. The summed E-state index contributed by atoms with van der Waals surface area (Å²) in [6, 6.07) is 14.7. The minimum atomic E-state index is -1.33. The number of carbonyl (C=O) groups is 3. The molecule has 0 spiro atoms. The Morgan fingerprint density at radius 1 is 1.02 bits per heavy atom. The van der Waals surface area contributed by atoms with E-state index in [1.807, 2.05) is 31.2 Å². The van der Waals surface area contributed by atoms with Gasteiger partial charge < -0.3 is 25.4 Å². The maximum absolute atomic E-state index is 13.6. The van der Waals surface area contributed by atoms with Crippen molar-refractivity contribution in [3.05, 3.63) is 93.4 Å². The van der Waals surface area contributed by atoms with E-state index in [1.54, 1.807) is 18.2 Å². The third kappa shape index (κ3) is 6.08. The lowest BCUT2D eigenvalue weighted by atomic mass is 10.1. The first-order chi connectivity index (χ1) is 19.1. The van der Waals surface area contributed by atoms with Crippen LogP contribution in [0.15, 0.2) is 60.7 Å². The Morgan fingerprint density at radius 2 is 1.77 bits per heavy atom. The summed E-state index contributed by atoms with van der Waals surface area (Å²) >= 11 is 13.2. The smallest absolute Gasteiger partial charge is 0.356 e. The van der Waals surface area contributed by atoms with Crippen molar-refractivity contribution in [2.75, 3.05) is 19.1 Å². The van der Waals surface area contributed by atoms with Gasteiger partial charge in [-0.2, -0.15) is 0 Å². The first-order valence-corrected chi connectivity index (χ1v) is 12.7. The summed E-state index contributed by atoms with van der Waals surface area (Å²) < 4.78 is 10.8. The van der Waals surface area contributed by atoms with Gasteiger partial charge in [-0.05, 0) is 43.3 Å². The van der Waals surface area contributed by atoms with Crippen molar-refractivity contribution in [3.63, 3.8) is 0 Å². The van der Waals surface area contributed by atoms with Gasteiger partial charge in [0.25, 0.3) is 5.91 Å². The van der Waals surface area contributed by atoms with Gasteiger partial charge >= 0.3 is 12.0 Å². The SMILES string of the molecule is COC(=O)c1cccc(C(NC(N)=O)C(=O)N(C)c2ccc(Cl)c(COc3cccc4ccc(C)nc34)c2Cl)n1. The van der Waals surface area contributed by atoms with Gasteiger partial charge in [0.1, 0.15) is 23.6 Å². The Labute approximate surface area is 240 Å². The lowest BCUT2D eigenvalue weighted by Crippen LogP contribution is -2.44. The number of pyridine rings is 2. The second-order valence-electron chi connectivity index (χ2n) is 8.71. The number of methoxy groups -OCH3 is 1. The van der Waals surface area contributed by atoms with Gasteiger partial charge in [-0.3, -0.25) is 4.79 Å². The number of nitrogens with zero attached hydrogens (tertiary/aromatic N) is 3. The molecule has 12 heteroatoms. The van der Waals surface area contributed by atoms with Crippen molar-refractivity contribution in [2.24, 2.45) is 5.73 Å². The monoisotopic (exact) mass is 581 g/mol. The van der Waals surface area contributed by atoms with Gasteiger partial charge in [0.05, 0.1) is 23.5 Å². The highest BCUT2D eigenvalue weighted by atomic mass is 35.5. The zero-order chi connectivity index (χ0) is 29.0. The number of esters is 1. The van der Waals surface area contributed by atoms with Gasteiger partial charge in [0.2, 0.25) is 0 Å². The summed E-state index contributed by atoms with van der Waals surface area (Å²) in [4.78, 5) is 47.3. The summed E-state index contributed by atoms with van der Waals surface area (Å²) in [7, 11) is 2.68. The molecule has 4 aromatic rings. The zero-order valence-corrected chi connectivity index (χ0v) is 23.3. The molecule has 3 N–H and O–H groups in total. The van der Waals surface area contributed by atoms with E-state index in [0.717, 1.165) is 11.1 Å². The second kappa shape index (κ2) is 12.2. The third-order valence-electron chi connectivity index (χ3n) is 6.05. The molecule has 0 aliphatic heterocycles. The number of benzene rings is 2. The largest absolute Gasteiger partial charge is 0.487 e. The Bertz CT molecular complexity index is 1610. The van der Waals surface area contributed by atoms with E-state index < -0.39 is 23.9 Å². The second-order valence-corrected chi connectivity index (χ2v) is 9.49. The van der Waals surface area contributed by atoms with E-state index in [4.69, 9.17) is 38.4 Å². The van der Waals surface area contributed by atoms with Gasteiger partial charge in [-0.1, -0.05) is 47.5 Å². The fourth-order valence-corrected chi connectivity index (χ4v) is 4.61. The lowest BCUT2D eigenvalue weighted by molar-refractivity contribution is -0.120. The normalized spacial score (nSPS) is 11.5. The number of likely N-dealkylation sites (N-methyl/N-ethyl adjacent to an activating group) is 1. The molecule has 0 radical (unpaired) electrons. The molecular formula is C28H25Cl2N5O5. The number of hydrogen-bond donors (Lipinski definition) is 2. The number of rotatable bonds is 8. The van der Waals surface area contributed by atoms with Crippen LogP contribution in [0, 0.1) is 6.92 Å². The van der Waals surface area contributed by atoms with Gasteiger partial charge in [0, 0.05) is 28.7 Å². The number of amides is 3. The number of ether oxygens (including phenoxy) is 2. The number of aromatic nitrogens is 2. The van der Waals surface area contributed by atoms with Crippen LogP contribution < -0.4 is 20.7 Å². The Balaban J connectivity index is 1.64. The third-order valence-corrected chi connectivity index (χ3v) is 6.82. The quantitative estimate of drug-likeness (QED) is 0.280. The fourth-order valence-electron chi connectivity index (χ4n) is 4.01.